The van der Waals surface area contributed by atoms with Crippen molar-refractivity contribution in [3.05, 3.63) is 101 Å². The first-order valence-corrected chi connectivity index (χ1v) is 13.2. The zero-order valence-electron chi connectivity index (χ0n) is 21.3. The van der Waals surface area contributed by atoms with Crippen LogP contribution in [-0.2, 0) is 19.1 Å². The van der Waals surface area contributed by atoms with Gasteiger partial charge in [0.1, 0.15) is 0 Å². The average molecular weight is 560 g/mol. The van der Waals surface area contributed by atoms with Crippen molar-refractivity contribution in [2.75, 3.05) is 11.5 Å². The van der Waals surface area contributed by atoms with Crippen LogP contribution in [0.3, 0.4) is 0 Å². The molecule has 2 fully saturated rings. The van der Waals surface area contributed by atoms with Gasteiger partial charge in [0, 0.05) is 0 Å². The summed E-state index contributed by atoms with van der Waals surface area (Å²) < 4.78 is 5.01. The van der Waals surface area contributed by atoms with Gasteiger partial charge in [0.2, 0.25) is 11.8 Å². The molecule has 1 aliphatic heterocycles. The summed E-state index contributed by atoms with van der Waals surface area (Å²) in [5, 5.41) is 0.219. The Kier molecular flexibility index (Phi) is 7.93. The number of ether oxygens (including phenoxy) is 1. The Morgan fingerprint density at radius 1 is 0.825 bits per heavy atom. The topological polar surface area (TPSA) is 122 Å². The van der Waals surface area contributed by atoms with Gasteiger partial charge >= 0.3 is 5.97 Å². The third-order valence-electron chi connectivity index (χ3n) is 7.33. The van der Waals surface area contributed by atoms with Crippen LogP contribution in [0.4, 0.5) is 5.69 Å². The zero-order valence-corrected chi connectivity index (χ0v) is 22.1. The van der Waals surface area contributed by atoms with Gasteiger partial charge in [-0.2, -0.15) is 0 Å². The highest BCUT2D eigenvalue weighted by Gasteiger charge is 2.50. The monoisotopic (exact) mass is 559 g/mol. The summed E-state index contributed by atoms with van der Waals surface area (Å²) in [4.78, 5) is 64.2. The molecule has 2 aliphatic rings. The van der Waals surface area contributed by atoms with Crippen molar-refractivity contribution in [2.45, 2.75) is 25.2 Å². The quantitative estimate of drug-likeness (QED) is 0.267. The Morgan fingerprint density at radius 3 is 2.23 bits per heavy atom. The van der Waals surface area contributed by atoms with Crippen LogP contribution in [0.2, 0.25) is 5.02 Å². The number of fused-ring (bicyclic) bond motifs is 1. The van der Waals surface area contributed by atoms with Crippen molar-refractivity contribution in [1.29, 1.82) is 0 Å². The van der Waals surface area contributed by atoms with Crippen molar-refractivity contribution in [1.82, 2.24) is 10.9 Å². The smallest absolute Gasteiger partial charge is 0.338 e. The second kappa shape index (κ2) is 11.7. The van der Waals surface area contributed by atoms with Crippen LogP contribution < -0.4 is 15.8 Å². The highest BCUT2D eigenvalue weighted by molar-refractivity contribution is 6.33. The third kappa shape index (κ3) is 5.60. The predicted octanol–water partition coefficient (Wildman–Crippen LogP) is 4.03. The van der Waals surface area contributed by atoms with Crippen LogP contribution >= 0.6 is 11.6 Å². The van der Waals surface area contributed by atoms with E-state index in [2.05, 4.69) is 23.0 Å². The fourth-order valence-corrected chi connectivity index (χ4v) is 5.52. The molecule has 2 N–H and O–H groups in total. The molecule has 1 saturated carbocycles. The van der Waals surface area contributed by atoms with Crippen molar-refractivity contribution in [2.24, 2.45) is 11.8 Å². The molecular formula is C30H26ClN3O6. The van der Waals surface area contributed by atoms with Gasteiger partial charge in [-0.05, 0) is 67.1 Å². The number of rotatable bonds is 6. The minimum Gasteiger partial charge on any atom is -0.452 e. The number of esters is 1. The van der Waals surface area contributed by atoms with Gasteiger partial charge in [-0.1, -0.05) is 54.1 Å². The Labute approximate surface area is 235 Å². The predicted molar refractivity (Wildman–Crippen MR) is 146 cm³/mol. The van der Waals surface area contributed by atoms with Crippen molar-refractivity contribution >= 4 is 46.9 Å². The number of nitrogens with zero attached hydrogens (tertiary/aromatic N) is 1. The Bertz CT molecular complexity index is 1460. The molecule has 0 radical (unpaired) electrons. The molecule has 4 amide bonds. The van der Waals surface area contributed by atoms with Crippen molar-refractivity contribution in [3.8, 4) is 0 Å². The van der Waals surface area contributed by atoms with Crippen molar-refractivity contribution < 1.29 is 28.7 Å². The second-order valence-electron chi connectivity index (χ2n) is 9.75. The molecule has 10 heteroatoms. The SMILES string of the molecule is O=C(COC(=O)c1ccc(N2C(=O)[C@H]3C[C@H](c4ccccc4)CC[C@H]3C2=O)cc1)NNC(=O)c1ccccc1Cl. The van der Waals surface area contributed by atoms with Crippen molar-refractivity contribution in [3.63, 3.8) is 0 Å². The molecule has 0 spiro atoms. The van der Waals surface area contributed by atoms with E-state index in [1.165, 1.54) is 46.9 Å². The minimum atomic E-state index is -0.780. The van der Waals surface area contributed by atoms with Gasteiger partial charge in [0.25, 0.3) is 11.8 Å². The van der Waals surface area contributed by atoms with E-state index in [4.69, 9.17) is 16.3 Å². The summed E-state index contributed by atoms with van der Waals surface area (Å²) in [6, 6.07) is 22.3. The molecule has 5 rings (SSSR count). The van der Waals surface area contributed by atoms with E-state index in [1.54, 1.807) is 12.1 Å². The number of anilines is 1. The fourth-order valence-electron chi connectivity index (χ4n) is 5.30. The van der Waals surface area contributed by atoms with E-state index in [1.807, 2.05) is 18.2 Å². The van der Waals surface area contributed by atoms with E-state index < -0.39 is 24.4 Å². The Morgan fingerprint density at radius 2 is 1.50 bits per heavy atom. The highest BCUT2D eigenvalue weighted by Crippen LogP contribution is 2.45. The summed E-state index contributed by atoms with van der Waals surface area (Å²) in [7, 11) is 0. The molecule has 0 aromatic heterocycles. The molecule has 40 heavy (non-hydrogen) atoms. The maximum Gasteiger partial charge on any atom is 0.338 e. The number of hydrogen-bond donors (Lipinski definition) is 2. The lowest BCUT2D eigenvalue weighted by molar-refractivity contribution is -0.125. The van der Waals surface area contributed by atoms with Gasteiger partial charge in [-0.25, -0.2) is 4.79 Å². The van der Waals surface area contributed by atoms with E-state index in [9.17, 15) is 24.0 Å². The molecule has 1 saturated heterocycles. The van der Waals surface area contributed by atoms with Crippen LogP contribution in [0.15, 0.2) is 78.9 Å². The number of halogens is 1. The summed E-state index contributed by atoms with van der Waals surface area (Å²) >= 11 is 5.95. The maximum atomic E-state index is 13.3. The number of carbonyl (C=O) groups excluding carboxylic acids is 5. The standard InChI is InChI=1S/C30H26ClN3O6/c31-25-9-5-4-8-23(25)27(36)33-32-26(35)17-40-30(39)19-10-13-21(14-11-19)34-28(37)22-15-12-20(16-24(22)29(34)38)18-6-2-1-3-7-18/h1-11,13-14,20,22,24H,12,15-17H2,(H,32,35)(H,33,36)/t20-,22-,24+/m1/s1. The molecule has 3 aromatic carbocycles. The first-order chi connectivity index (χ1) is 19.3. The van der Waals surface area contributed by atoms with E-state index in [-0.39, 0.29) is 45.7 Å². The second-order valence-corrected chi connectivity index (χ2v) is 10.2. The number of imide groups is 1. The van der Waals surface area contributed by atoms with Crippen LogP contribution in [0.5, 0.6) is 0 Å². The summed E-state index contributed by atoms with van der Waals surface area (Å²) in [6.45, 7) is -0.640. The van der Waals surface area contributed by atoms with Crippen LogP contribution in [0.25, 0.3) is 0 Å². The lowest BCUT2D eigenvalue weighted by Gasteiger charge is -2.28. The third-order valence-corrected chi connectivity index (χ3v) is 7.66. The highest BCUT2D eigenvalue weighted by atomic mass is 35.5. The van der Waals surface area contributed by atoms with Gasteiger partial charge in [-0.3, -0.25) is 34.9 Å². The number of amides is 4. The van der Waals surface area contributed by atoms with Gasteiger partial charge in [0.05, 0.1) is 33.7 Å². The maximum absolute atomic E-state index is 13.3. The fraction of sp³-hybridized carbons (Fsp3) is 0.233. The Hall–Kier alpha value is -4.50. The largest absolute Gasteiger partial charge is 0.452 e. The number of nitrogens with one attached hydrogen (secondary N) is 2. The Balaban J connectivity index is 1.15. The zero-order chi connectivity index (χ0) is 28.2. The summed E-state index contributed by atoms with van der Waals surface area (Å²) in [6.07, 6.45) is 2.12. The molecule has 9 nitrogen and oxygen atoms in total. The molecule has 1 aliphatic carbocycles. The van der Waals surface area contributed by atoms with E-state index in [0.717, 1.165) is 6.42 Å². The number of hydrogen-bond acceptors (Lipinski definition) is 6. The molecule has 3 atom stereocenters. The van der Waals surface area contributed by atoms with Crippen LogP contribution in [0, 0.1) is 11.8 Å². The number of benzene rings is 3. The van der Waals surface area contributed by atoms with Gasteiger partial charge in [0.15, 0.2) is 6.61 Å². The minimum absolute atomic E-state index is 0.136. The van der Waals surface area contributed by atoms with E-state index >= 15 is 0 Å². The molecule has 0 bridgehead atoms. The van der Waals surface area contributed by atoms with Gasteiger partial charge in [-0.15, -0.1) is 0 Å². The molecule has 1 heterocycles. The normalized spacial score (nSPS) is 20.0. The van der Waals surface area contributed by atoms with Crippen LogP contribution in [-0.4, -0.2) is 36.2 Å². The van der Waals surface area contributed by atoms with E-state index in [0.29, 0.717) is 18.5 Å². The lowest BCUT2D eigenvalue weighted by atomic mass is 9.73. The lowest BCUT2D eigenvalue weighted by Crippen LogP contribution is -2.43. The summed E-state index contributed by atoms with van der Waals surface area (Å²) in [5.74, 6) is -3.07. The van der Waals surface area contributed by atoms with Crippen LogP contribution in [0.1, 0.15) is 51.5 Å². The molecule has 3 aromatic rings. The molecule has 204 valence electrons. The molecular weight excluding hydrogens is 534 g/mol. The summed E-state index contributed by atoms with van der Waals surface area (Å²) in [5.41, 5.74) is 6.23. The molecule has 0 unspecified atom stereocenters. The number of hydrazine groups is 1. The first-order valence-electron chi connectivity index (χ1n) is 12.9. The average Bonchev–Trinajstić information content (AvgIpc) is 3.24. The van der Waals surface area contributed by atoms with Gasteiger partial charge < -0.3 is 4.74 Å². The first kappa shape index (κ1) is 27.1. The number of carbonyl (C=O) groups is 5.